The van der Waals surface area contributed by atoms with Gasteiger partial charge in [0.05, 0.1) is 0 Å². The van der Waals surface area contributed by atoms with Crippen LogP contribution in [0.15, 0.2) is 18.2 Å². The molecule has 1 atom stereocenters. The van der Waals surface area contributed by atoms with Crippen molar-refractivity contribution in [3.63, 3.8) is 0 Å². The van der Waals surface area contributed by atoms with Crippen LogP contribution in [0.2, 0.25) is 0 Å². The summed E-state index contributed by atoms with van der Waals surface area (Å²) in [4.78, 5) is 11.7. The number of halogens is 1. The molecule has 1 unspecified atom stereocenters. The zero-order valence-corrected chi connectivity index (χ0v) is 9.10. The Bertz CT molecular complexity index is 357. The van der Waals surface area contributed by atoms with Crippen LogP contribution in [-0.4, -0.2) is 10.6 Å². The third-order valence-corrected chi connectivity index (χ3v) is 3.14. The van der Waals surface area contributed by atoms with Crippen molar-refractivity contribution in [3.05, 3.63) is 34.9 Å². The number of carbonyl (C=O) groups excluding carboxylic acids is 1. The van der Waals surface area contributed by atoms with Crippen molar-refractivity contribution in [2.24, 2.45) is 0 Å². The summed E-state index contributed by atoms with van der Waals surface area (Å²) in [6, 6.07) is 6.03. The molecule has 0 aromatic heterocycles. The molecule has 2 heteroatoms. The minimum absolute atomic E-state index is 0.154. The van der Waals surface area contributed by atoms with Crippen LogP contribution < -0.4 is 0 Å². The Morgan fingerprint density at radius 1 is 1.38 bits per heavy atom. The Balaban J connectivity index is 2.40. The SMILES string of the molecule is CC(=O)c1ccc2c(c1)CC(Br)C2. The highest BCUT2D eigenvalue weighted by molar-refractivity contribution is 9.09. The van der Waals surface area contributed by atoms with E-state index in [-0.39, 0.29) is 5.78 Å². The highest BCUT2D eigenvalue weighted by Crippen LogP contribution is 2.27. The fourth-order valence-electron chi connectivity index (χ4n) is 1.78. The molecule has 0 amide bonds. The molecule has 0 saturated heterocycles. The number of hydrogen-bond acceptors (Lipinski definition) is 1. The number of alkyl halides is 1. The van der Waals surface area contributed by atoms with E-state index in [1.807, 2.05) is 12.1 Å². The van der Waals surface area contributed by atoms with E-state index in [0.717, 1.165) is 18.4 Å². The fraction of sp³-hybridized carbons (Fsp3) is 0.364. The molecule has 0 N–H and O–H groups in total. The second kappa shape index (κ2) is 3.26. The van der Waals surface area contributed by atoms with E-state index in [9.17, 15) is 4.79 Å². The van der Waals surface area contributed by atoms with Gasteiger partial charge in [-0.05, 0) is 37.0 Å². The second-order valence-electron chi connectivity index (χ2n) is 3.55. The Kier molecular flexibility index (Phi) is 2.24. The van der Waals surface area contributed by atoms with Gasteiger partial charge in [0.25, 0.3) is 0 Å². The molecule has 0 bridgehead atoms. The molecule has 0 aliphatic heterocycles. The third kappa shape index (κ3) is 1.68. The Morgan fingerprint density at radius 2 is 2.08 bits per heavy atom. The van der Waals surface area contributed by atoms with Crippen molar-refractivity contribution in [2.45, 2.75) is 24.6 Å². The molecule has 1 aromatic rings. The summed E-state index contributed by atoms with van der Waals surface area (Å²) >= 11 is 3.60. The smallest absolute Gasteiger partial charge is 0.159 e. The predicted octanol–water partition coefficient (Wildman–Crippen LogP) is 2.75. The number of carbonyl (C=O) groups is 1. The summed E-state index contributed by atoms with van der Waals surface area (Å²) in [6.45, 7) is 1.61. The molecule has 68 valence electrons. The van der Waals surface area contributed by atoms with Crippen LogP contribution in [0, 0.1) is 0 Å². The largest absolute Gasteiger partial charge is 0.295 e. The van der Waals surface area contributed by atoms with Crippen LogP contribution in [0.3, 0.4) is 0 Å². The van der Waals surface area contributed by atoms with Crippen LogP contribution in [0.4, 0.5) is 0 Å². The summed E-state index contributed by atoms with van der Waals surface area (Å²) in [5.41, 5.74) is 3.54. The normalized spacial score (nSPS) is 20.0. The van der Waals surface area contributed by atoms with E-state index in [0.29, 0.717) is 4.83 Å². The van der Waals surface area contributed by atoms with Crippen molar-refractivity contribution in [1.82, 2.24) is 0 Å². The van der Waals surface area contributed by atoms with E-state index in [1.165, 1.54) is 11.1 Å². The van der Waals surface area contributed by atoms with Gasteiger partial charge in [-0.1, -0.05) is 28.1 Å². The van der Waals surface area contributed by atoms with Crippen LogP contribution in [-0.2, 0) is 12.8 Å². The maximum Gasteiger partial charge on any atom is 0.159 e. The molecule has 1 aliphatic carbocycles. The number of ketones is 1. The first-order chi connectivity index (χ1) is 6.16. The first-order valence-electron chi connectivity index (χ1n) is 4.43. The van der Waals surface area contributed by atoms with Crippen LogP contribution in [0.5, 0.6) is 0 Å². The van der Waals surface area contributed by atoms with Crippen LogP contribution in [0.25, 0.3) is 0 Å². The highest BCUT2D eigenvalue weighted by Gasteiger charge is 2.19. The van der Waals surface area contributed by atoms with Gasteiger partial charge in [0.15, 0.2) is 5.78 Å². The maximum atomic E-state index is 11.1. The van der Waals surface area contributed by atoms with Crippen LogP contribution >= 0.6 is 15.9 Å². The minimum atomic E-state index is 0.154. The van der Waals surface area contributed by atoms with E-state index >= 15 is 0 Å². The third-order valence-electron chi connectivity index (χ3n) is 2.50. The maximum absolute atomic E-state index is 11.1. The molecular weight excluding hydrogens is 228 g/mol. The molecule has 1 aromatic carbocycles. The lowest BCUT2D eigenvalue weighted by Crippen LogP contribution is -1.94. The molecule has 0 fully saturated rings. The van der Waals surface area contributed by atoms with Gasteiger partial charge in [0, 0.05) is 10.4 Å². The topological polar surface area (TPSA) is 17.1 Å². The first-order valence-corrected chi connectivity index (χ1v) is 5.35. The Labute approximate surface area is 86.3 Å². The zero-order valence-electron chi connectivity index (χ0n) is 7.51. The zero-order chi connectivity index (χ0) is 9.42. The lowest BCUT2D eigenvalue weighted by atomic mass is 10.0. The molecule has 0 radical (unpaired) electrons. The average Bonchev–Trinajstić information content (AvgIpc) is 2.42. The fourth-order valence-corrected chi connectivity index (χ4v) is 2.48. The van der Waals surface area contributed by atoms with E-state index in [2.05, 4.69) is 22.0 Å². The molecule has 13 heavy (non-hydrogen) atoms. The van der Waals surface area contributed by atoms with Gasteiger partial charge >= 0.3 is 0 Å². The van der Waals surface area contributed by atoms with E-state index in [4.69, 9.17) is 0 Å². The second-order valence-corrected chi connectivity index (χ2v) is 4.84. The summed E-state index contributed by atoms with van der Waals surface area (Å²) in [5.74, 6) is 0.154. The quantitative estimate of drug-likeness (QED) is 0.544. The van der Waals surface area contributed by atoms with Crippen molar-refractivity contribution in [3.8, 4) is 0 Å². The number of benzene rings is 1. The Morgan fingerprint density at radius 3 is 2.77 bits per heavy atom. The van der Waals surface area contributed by atoms with Gasteiger partial charge in [-0.25, -0.2) is 0 Å². The van der Waals surface area contributed by atoms with Gasteiger partial charge < -0.3 is 0 Å². The van der Waals surface area contributed by atoms with Crippen LogP contribution in [0.1, 0.15) is 28.4 Å². The van der Waals surface area contributed by atoms with Crippen molar-refractivity contribution in [2.75, 3.05) is 0 Å². The van der Waals surface area contributed by atoms with Gasteiger partial charge in [0.1, 0.15) is 0 Å². The van der Waals surface area contributed by atoms with Crippen molar-refractivity contribution < 1.29 is 4.79 Å². The first kappa shape index (κ1) is 8.95. The monoisotopic (exact) mass is 238 g/mol. The molecule has 0 heterocycles. The lowest BCUT2D eigenvalue weighted by molar-refractivity contribution is 0.101. The molecule has 2 rings (SSSR count). The van der Waals surface area contributed by atoms with Gasteiger partial charge in [0.2, 0.25) is 0 Å². The molecule has 0 spiro atoms. The number of Topliss-reactive ketones (excluding diaryl/α,β-unsaturated/α-hetero) is 1. The predicted molar refractivity (Wildman–Crippen MR) is 56.6 cm³/mol. The van der Waals surface area contributed by atoms with Gasteiger partial charge in [-0.15, -0.1) is 0 Å². The Hall–Kier alpha value is -0.630. The summed E-state index contributed by atoms with van der Waals surface area (Å²) in [6.07, 6.45) is 2.14. The summed E-state index contributed by atoms with van der Waals surface area (Å²) < 4.78 is 0. The molecule has 0 saturated carbocycles. The number of rotatable bonds is 1. The van der Waals surface area contributed by atoms with Crippen molar-refractivity contribution in [1.29, 1.82) is 0 Å². The molecule has 1 nitrogen and oxygen atoms in total. The van der Waals surface area contributed by atoms with E-state index in [1.54, 1.807) is 6.92 Å². The van der Waals surface area contributed by atoms with Gasteiger partial charge in [-0.2, -0.15) is 0 Å². The standard InChI is InChI=1S/C11H11BrO/c1-7(13)8-2-3-9-5-11(12)6-10(9)4-8/h2-4,11H,5-6H2,1H3. The summed E-state index contributed by atoms with van der Waals surface area (Å²) in [5, 5.41) is 0. The number of fused-ring (bicyclic) bond motifs is 1. The van der Waals surface area contributed by atoms with Gasteiger partial charge in [-0.3, -0.25) is 4.79 Å². The molecular formula is C11H11BrO. The number of hydrogen-bond donors (Lipinski definition) is 0. The summed E-state index contributed by atoms with van der Waals surface area (Å²) in [7, 11) is 0. The average molecular weight is 239 g/mol. The minimum Gasteiger partial charge on any atom is -0.295 e. The van der Waals surface area contributed by atoms with E-state index < -0.39 is 0 Å². The highest BCUT2D eigenvalue weighted by atomic mass is 79.9. The molecule has 1 aliphatic rings. The lowest BCUT2D eigenvalue weighted by Gasteiger charge is -2.00. The van der Waals surface area contributed by atoms with Crippen molar-refractivity contribution >= 4 is 21.7 Å².